The van der Waals surface area contributed by atoms with E-state index in [0.717, 1.165) is 0 Å². The number of ketones is 2. The predicted molar refractivity (Wildman–Crippen MR) is 102 cm³/mol. The third kappa shape index (κ3) is 4.95. The largest absolute Gasteiger partial charge is 0.508 e. The Hall–Kier alpha value is -1.20. The Balaban J connectivity index is 3.24. The average Bonchev–Trinajstić information content (AvgIpc) is 2.69. The summed E-state index contributed by atoms with van der Waals surface area (Å²) in [6, 6.07) is 0. The molecule has 5 heteroatoms. The average molecular weight is 369 g/mol. The van der Waals surface area contributed by atoms with E-state index in [4.69, 9.17) is 0 Å². The minimum atomic E-state index is -2.07. The van der Waals surface area contributed by atoms with Crippen molar-refractivity contribution in [3.8, 4) is 0 Å². The maximum Gasteiger partial charge on any atom is 0.176 e. The zero-order valence-corrected chi connectivity index (χ0v) is 17.1. The molecule has 3 atom stereocenters. The second-order valence-electron chi connectivity index (χ2n) is 8.95. The Morgan fingerprint density at radius 1 is 1.00 bits per heavy atom. The molecular formula is C21H36O5. The lowest BCUT2D eigenvalue weighted by Gasteiger charge is -2.34. The van der Waals surface area contributed by atoms with Crippen LogP contribution in [0.2, 0.25) is 0 Å². The fourth-order valence-corrected chi connectivity index (χ4v) is 3.55. The summed E-state index contributed by atoms with van der Waals surface area (Å²) in [5.74, 6) is -1.94. The number of aliphatic hydroxyl groups is 3. The molecule has 0 aromatic heterocycles. The topological polar surface area (TPSA) is 94.8 Å². The van der Waals surface area contributed by atoms with Gasteiger partial charge in [0.1, 0.15) is 11.3 Å². The molecule has 0 aromatic carbocycles. The maximum atomic E-state index is 12.9. The fraction of sp³-hybridized carbons (Fsp3) is 0.810. The van der Waals surface area contributed by atoms with Gasteiger partial charge in [0.2, 0.25) is 0 Å². The highest BCUT2D eigenvalue weighted by molar-refractivity contribution is 6.23. The number of rotatable bonds is 10. The molecule has 0 aliphatic heterocycles. The van der Waals surface area contributed by atoms with Crippen LogP contribution >= 0.6 is 0 Å². The minimum absolute atomic E-state index is 0.0317. The summed E-state index contributed by atoms with van der Waals surface area (Å²) in [4.78, 5) is 25.4. The number of carbonyl (C=O) groups is 2. The van der Waals surface area contributed by atoms with Crippen LogP contribution in [0.15, 0.2) is 11.3 Å². The van der Waals surface area contributed by atoms with E-state index in [1.165, 1.54) is 0 Å². The van der Waals surface area contributed by atoms with E-state index in [-0.39, 0.29) is 24.3 Å². The second-order valence-corrected chi connectivity index (χ2v) is 8.95. The summed E-state index contributed by atoms with van der Waals surface area (Å²) in [5, 5.41) is 32.5. The van der Waals surface area contributed by atoms with Gasteiger partial charge in [-0.05, 0) is 37.0 Å². The summed E-state index contributed by atoms with van der Waals surface area (Å²) in [6.07, 6.45) is 0.741. The monoisotopic (exact) mass is 368 g/mol. The van der Waals surface area contributed by atoms with Crippen LogP contribution < -0.4 is 0 Å². The van der Waals surface area contributed by atoms with Gasteiger partial charge in [-0.25, -0.2) is 0 Å². The van der Waals surface area contributed by atoms with Gasteiger partial charge in [0, 0.05) is 6.42 Å². The molecule has 5 nitrogen and oxygen atoms in total. The Labute approximate surface area is 157 Å². The molecule has 2 unspecified atom stereocenters. The highest BCUT2D eigenvalue weighted by Crippen LogP contribution is 2.44. The standard InChI is InChI=1S/C21H36O5/c1-12(2)7-9-15-19(24)18(16(22)11-14(5)6)20(25)21(15,26)17(23)10-8-13(3)4/h12-15,17,23,25-26H,7-11H2,1-6H3/t15?,17?,21-/m0/s1. The lowest BCUT2D eigenvalue weighted by molar-refractivity contribution is -0.137. The minimum Gasteiger partial charge on any atom is -0.508 e. The third-order valence-corrected chi connectivity index (χ3v) is 5.14. The van der Waals surface area contributed by atoms with Gasteiger partial charge >= 0.3 is 0 Å². The molecule has 0 saturated carbocycles. The Kier molecular flexibility index (Phi) is 8.03. The van der Waals surface area contributed by atoms with E-state index in [2.05, 4.69) is 0 Å². The Bertz CT molecular complexity index is 547. The number of Topliss-reactive ketones (excluding diaryl/α,β-unsaturated/α-hetero) is 2. The molecule has 0 radical (unpaired) electrons. The lowest BCUT2D eigenvalue weighted by atomic mass is 9.78. The Morgan fingerprint density at radius 3 is 2.00 bits per heavy atom. The molecule has 150 valence electrons. The molecule has 0 bridgehead atoms. The number of hydrogen-bond donors (Lipinski definition) is 3. The SMILES string of the molecule is CC(C)CCC(O)[C@]1(O)C(O)=C(C(=O)CC(C)C)C(=O)C1CCC(C)C. The molecule has 0 heterocycles. The summed E-state index contributed by atoms with van der Waals surface area (Å²) < 4.78 is 0. The molecule has 0 spiro atoms. The van der Waals surface area contributed by atoms with Crippen LogP contribution in [-0.4, -0.2) is 38.6 Å². The van der Waals surface area contributed by atoms with Gasteiger partial charge in [0.05, 0.1) is 12.0 Å². The normalized spacial score (nSPS) is 25.0. The Morgan fingerprint density at radius 2 is 1.54 bits per heavy atom. The maximum absolute atomic E-state index is 12.9. The quantitative estimate of drug-likeness (QED) is 0.512. The third-order valence-electron chi connectivity index (χ3n) is 5.14. The van der Waals surface area contributed by atoms with Crippen molar-refractivity contribution in [3.05, 3.63) is 11.3 Å². The van der Waals surface area contributed by atoms with Crippen LogP contribution in [0.25, 0.3) is 0 Å². The predicted octanol–water partition coefficient (Wildman–Crippen LogP) is 3.58. The molecule has 3 N–H and O–H groups in total. The highest BCUT2D eigenvalue weighted by atomic mass is 16.4. The first-order valence-corrected chi connectivity index (χ1v) is 9.84. The van der Waals surface area contributed by atoms with E-state index < -0.39 is 34.9 Å². The first-order chi connectivity index (χ1) is 11.9. The number of hydrogen-bond acceptors (Lipinski definition) is 5. The van der Waals surface area contributed by atoms with E-state index >= 15 is 0 Å². The van der Waals surface area contributed by atoms with Gasteiger partial charge in [-0.3, -0.25) is 9.59 Å². The van der Waals surface area contributed by atoms with Gasteiger partial charge in [0.25, 0.3) is 0 Å². The van der Waals surface area contributed by atoms with E-state index in [1.807, 2.05) is 41.5 Å². The van der Waals surface area contributed by atoms with Crippen molar-refractivity contribution in [2.75, 3.05) is 0 Å². The zero-order chi connectivity index (χ0) is 20.2. The van der Waals surface area contributed by atoms with Crippen LogP contribution in [0, 0.1) is 23.7 Å². The van der Waals surface area contributed by atoms with Gasteiger partial charge in [-0.2, -0.15) is 0 Å². The van der Waals surface area contributed by atoms with Gasteiger partial charge < -0.3 is 15.3 Å². The van der Waals surface area contributed by atoms with Crippen LogP contribution in [0.1, 0.15) is 73.6 Å². The fourth-order valence-electron chi connectivity index (χ4n) is 3.55. The van der Waals surface area contributed by atoms with Gasteiger partial charge in [-0.1, -0.05) is 48.0 Å². The lowest BCUT2D eigenvalue weighted by Crippen LogP contribution is -2.49. The van der Waals surface area contributed by atoms with E-state index in [0.29, 0.717) is 31.1 Å². The van der Waals surface area contributed by atoms with E-state index in [9.17, 15) is 24.9 Å². The van der Waals surface area contributed by atoms with Crippen LogP contribution in [0.3, 0.4) is 0 Å². The van der Waals surface area contributed by atoms with Crippen molar-refractivity contribution >= 4 is 11.6 Å². The molecule has 0 amide bonds. The molecule has 1 rings (SSSR count). The van der Waals surface area contributed by atoms with Crippen molar-refractivity contribution in [3.63, 3.8) is 0 Å². The second kappa shape index (κ2) is 9.14. The summed E-state index contributed by atoms with van der Waals surface area (Å²) in [7, 11) is 0. The zero-order valence-electron chi connectivity index (χ0n) is 17.1. The van der Waals surface area contributed by atoms with Crippen molar-refractivity contribution < 1.29 is 24.9 Å². The van der Waals surface area contributed by atoms with Crippen LogP contribution in [0.4, 0.5) is 0 Å². The number of carbonyl (C=O) groups excluding carboxylic acids is 2. The molecule has 0 fully saturated rings. The summed E-state index contributed by atoms with van der Waals surface area (Å²) in [6.45, 7) is 11.7. The van der Waals surface area contributed by atoms with Crippen molar-refractivity contribution in [2.45, 2.75) is 85.4 Å². The van der Waals surface area contributed by atoms with Crippen LogP contribution in [-0.2, 0) is 9.59 Å². The van der Waals surface area contributed by atoms with Crippen molar-refractivity contribution in [1.29, 1.82) is 0 Å². The summed E-state index contributed by atoms with van der Waals surface area (Å²) in [5.41, 5.74) is -2.37. The molecule has 1 aliphatic rings. The number of aliphatic hydroxyl groups excluding tert-OH is 2. The summed E-state index contributed by atoms with van der Waals surface area (Å²) >= 11 is 0. The molecule has 26 heavy (non-hydrogen) atoms. The molecule has 0 aromatic rings. The smallest absolute Gasteiger partial charge is 0.176 e. The highest BCUT2D eigenvalue weighted by Gasteiger charge is 2.58. The first kappa shape index (κ1) is 22.8. The van der Waals surface area contributed by atoms with Gasteiger partial charge in [-0.15, -0.1) is 0 Å². The van der Waals surface area contributed by atoms with E-state index in [1.54, 1.807) is 0 Å². The number of allylic oxidation sites excluding steroid dienone is 1. The molecular weight excluding hydrogens is 332 g/mol. The van der Waals surface area contributed by atoms with Crippen LogP contribution in [0.5, 0.6) is 0 Å². The van der Waals surface area contributed by atoms with Gasteiger partial charge in [0.15, 0.2) is 17.2 Å². The molecule has 0 saturated heterocycles. The molecule has 1 aliphatic carbocycles. The van der Waals surface area contributed by atoms with Crippen molar-refractivity contribution in [1.82, 2.24) is 0 Å². The van der Waals surface area contributed by atoms with Crippen molar-refractivity contribution in [2.24, 2.45) is 23.7 Å². The first-order valence-electron chi connectivity index (χ1n) is 9.84.